The van der Waals surface area contributed by atoms with Gasteiger partial charge in [-0.05, 0) is 148 Å². The first-order valence-corrected chi connectivity index (χ1v) is 41.7. The van der Waals surface area contributed by atoms with E-state index in [1.807, 2.05) is 30.4 Å². The van der Waals surface area contributed by atoms with Crippen molar-refractivity contribution in [1.82, 2.24) is 0 Å². The van der Waals surface area contributed by atoms with E-state index in [0.29, 0.717) is 32.1 Å². The fourth-order valence-electron chi connectivity index (χ4n) is 9.31. The lowest BCUT2D eigenvalue weighted by Crippen LogP contribution is -2.30. The van der Waals surface area contributed by atoms with Crippen molar-refractivity contribution in [3.63, 3.8) is 0 Å². The van der Waals surface area contributed by atoms with Crippen molar-refractivity contribution in [2.24, 2.45) is 0 Å². The van der Waals surface area contributed by atoms with Gasteiger partial charge >= 0.3 is 39.5 Å². The minimum Gasteiger partial charge on any atom is -0.462 e. The number of allylic oxidation sites excluding steroid dienone is 31. The number of phosphoric ester groups is 2. The summed E-state index contributed by atoms with van der Waals surface area (Å²) in [4.78, 5) is 72.8. The highest BCUT2D eigenvalue weighted by Crippen LogP contribution is 2.45. The zero-order valence-corrected chi connectivity index (χ0v) is 65.6. The van der Waals surface area contributed by atoms with Gasteiger partial charge in [0.25, 0.3) is 0 Å². The van der Waals surface area contributed by atoms with Crippen LogP contribution in [0.2, 0.25) is 0 Å². The molecule has 0 rings (SSSR count). The second kappa shape index (κ2) is 75.1. The van der Waals surface area contributed by atoms with Gasteiger partial charge in [0.1, 0.15) is 19.3 Å². The maximum absolute atomic E-state index is 13.1. The molecule has 0 spiro atoms. The first-order valence-electron chi connectivity index (χ1n) is 38.7. The first-order chi connectivity index (χ1) is 50.7. The molecule has 0 saturated carbocycles. The zero-order chi connectivity index (χ0) is 76.0. The van der Waals surface area contributed by atoms with Crippen LogP contribution in [0, 0.1) is 0 Å². The van der Waals surface area contributed by atoms with Crippen molar-refractivity contribution >= 4 is 39.5 Å². The maximum atomic E-state index is 13.1. The average molecular weight is 1490 g/mol. The summed E-state index contributed by atoms with van der Waals surface area (Å²) in [5.41, 5.74) is 0. The third-order valence-corrected chi connectivity index (χ3v) is 17.0. The SMILES string of the molecule is CC/C=C\C/C=C\C/C=C\C/C=C\C/C=C\C/C=C\CCC(=O)OCC(COP(=O)(O)OCC(O)COP(=O)(O)OCC(COC(=O)CCCCCCCCC/C=C\C/C=C\C/C=C\CC)OC(=O)C/C=C\C/C=C\C/C=C\C/C=C\C/C=C\CC)OC(=O)CCCCCCC/C=C\C/C=C\CCC. The molecule has 0 aromatic rings. The third-order valence-electron chi connectivity index (χ3n) is 15.1. The van der Waals surface area contributed by atoms with Crippen LogP contribution < -0.4 is 0 Å². The number of unbranched alkanes of at least 4 members (excludes halogenated alkanes) is 13. The largest absolute Gasteiger partial charge is 0.472 e. The fraction of sp³-hybridized carbons (Fsp3) is 0.576. The summed E-state index contributed by atoms with van der Waals surface area (Å²) in [6.45, 7) is 4.20. The number of hydrogen-bond donors (Lipinski definition) is 3. The Hall–Kier alpha value is -6.10. The summed E-state index contributed by atoms with van der Waals surface area (Å²) in [5, 5.41) is 10.6. The van der Waals surface area contributed by atoms with Crippen LogP contribution in [0.4, 0.5) is 0 Å². The number of phosphoric acid groups is 2. The van der Waals surface area contributed by atoms with Crippen LogP contribution in [0.5, 0.6) is 0 Å². The first kappa shape index (κ1) is 97.9. The molecular weight excluding hydrogens is 1350 g/mol. The van der Waals surface area contributed by atoms with E-state index in [1.54, 1.807) is 12.2 Å². The molecule has 0 bridgehead atoms. The highest BCUT2D eigenvalue weighted by molar-refractivity contribution is 7.47. The lowest BCUT2D eigenvalue weighted by Gasteiger charge is -2.21. The molecule has 0 aromatic heterocycles. The minimum absolute atomic E-state index is 0.0235. The summed E-state index contributed by atoms with van der Waals surface area (Å²) >= 11 is 0. The van der Waals surface area contributed by atoms with Gasteiger partial charge in [-0.3, -0.25) is 37.3 Å². The van der Waals surface area contributed by atoms with Crippen molar-refractivity contribution in [2.75, 3.05) is 39.6 Å². The van der Waals surface area contributed by atoms with E-state index >= 15 is 0 Å². The molecule has 0 saturated heterocycles. The Bertz CT molecular complexity index is 2740. The molecule has 17 nitrogen and oxygen atoms in total. The van der Waals surface area contributed by atoms with E-state index in [0.717, 1.165) is 173 Å². The lowest BCUT2D eigenvalue weighted by atomic mass is 10.1. The van der Waals surface area contributed by atoms with Gasteiger partial charge in [-0.1, -0.05) is 280 Å². The second-order valence-corrected chi connectivity index (χ2v) is 27.7. The molecule has 5 atom stereocenters. The molecule has 3 N–H and O–H groups in total. The third kappa shape index (κ3) is 74.2. The Morgan fingerprint density at radius 3 is 0.913 bits per heavy atom. The molecule has 0 aliphatic rings. The summed E-state index contributed by atoms with van der Waals surface area (Å²) in [7, 11) is -10.0. The number of carbonyl (C=O) groups is 4. The van der Waals surface area contributed by atoms with Crippen molar-refractivity contribution in [3.8, 4) is 0 Å². The predicted molar refractivity (Wildman–Crippen MR) is 426 cm³/mol. The van der Waals surface area contributed by atoms with Crippen LogP contribution in [0.15, 0.2) is 194 Å². The summed E-state index contributed by atoms with van der Waals surface area (Å²) in [6.07, 6.45) is 91.8. The normalized spacial score (nSPS) is 15.0. The zero-order valence-electron chi connectivity index (χ0n) is 63.9. The Labute approximate surface area is 627 Å². The fourth-order valence-corrected chi connectivity index (χ4v) is 10.9. The van der Waals surface area contributed by atoms with Gasteiger partial charge in [-0.2, -0.15) is 0 Å². The van der Waals surface area contributed by atoms with Crippen LogP contribution in [-0.4, -0.2) is 96.7 Å². The number of aliphatic hydroxyl groups excluding tert-OH is 1. The molecule has 0 radical (unpaired) electrons. The van der Waals surface area contributed by atoms with Crippen LogP contribution >= 0.6 is 15.6 Å². The summed E-state index contributed by atoms with van der Waals surface area (Å²) in [5.74, 6) is -2.47. The van der Waals surface area contributed by atoms with Crippen LogP contribution in [0.3, 0.4) is 0 Å². The van der Waals surface area contributed by atoms with Crippen molar-refractivity contribution in [2.45, 2.75) is 277 Å². The Kier molecular flexibility index (Phi) is 70.7. The van der Waals surface area contributed by atoms with E-state index in [2.05, 4.69) is 180 Å². The lowest BCUT2D eigenvalue weighted by molar-refractivity contribution is -0.161. The highest BCUT2D eigenvalue weighted by atomic mass is 31.2. The van der Waals surface area contributed by atoms with Gasteiger partial charge in [0.05, 0.1) is 32.8 Å². The molecule has 19 heteroatoms. The molecular formula is C85H134O17P2. The molecule has 0 fully saturated rings. The molecule has 5 unspecified atom stereocenters. The van der Waals surface area contributed by atoms with Crippen LogP contribution in [0.1, 0.15) is 259 Å². The maximum Gasteiger partial charge on any atom is 0.472 e. The standard InChI is InChI=1S/C85H134O17P2/c1-5-9-13-17-21-25-29-33-36-38-39-41-44-47-50-54-58-62-66-70-83(88)95-75-80(101-84(89)71-67-63-59-55-51-45-32-28-24-20-16-12-8-4)77-99-103(91,92)97-73-79(86)74-98-104(93,94)100-78-81(102-85(90)72-68-64-60-56-52-48-42-35-31-27-23-19-15-11-7-3)76-96-82(87)69-65-61-57-53-49-46-43-40-37-34-30-26-22-18-14-10-6-2/h9-11,13-16,20-23,25-28,32-37,39,41-42,47,50,52,56,58,62,64,68,79-81,86H,5-8,12,17-19,24,29-31,38,40,43-46,48-49,51,53-55,57,59-61,63,65-67,69-78H2,1-4H3,(H,91,92)(H,93,94)/b13-9-,14-10-,15-11-,20-16-,25-21-,26-22-,27-23-,32-28-,36-33-,37-34-,41-39-,42-35-,50-47-,56-52-,62-58-,68-64-. The number of aliphatic hydroxyl groups is 1. The highest BCUT2D eigenvalue weighted by Gasteiger charge is 2.30. The Morgan fingerprint density at radius 2 is 0.558 bits per heavy atom. The van der Waals surface area contributed by atoms with Crippen molar-refractivity contribution in [3.05, 3.63) is 194 Å². The van der Waals surface area contributed by atoms with Crippen molar-refractivity contribution < 1.29 is 80.2 Å². The monoisotopic (exact) mass is 1490 g/mol. The van der Waals surface area contributed by atoms with Gasteiger partial charge in [-0.25, -0.2) is 9.13 Å². The van der Waals surface area contributed by atoms with Crippen molar-refractivity contribution in [1.29, 1.82) is 0 Å². The Morgan fingerprint density at radius 1 is 0.288 bits per heavy atom. The molecule has 0 aliphatic carbocycles. The number of ether oxygens (including phenoxy) is 4. The number of rotatable bonds is 70. The van der Waals surface area contributed by atoms with Gasteiger partial charge in [-0.15, -0.1) is 0 Å². The predicted octanol–water partition coefficient (Wildman–Crippen LogP) is 22.5. The topological polar surface area (TPSA) is 237 Å². The summed E-state index contributed by atoms with van der Waals surface area (Å²) < 4.78 is 68.3. The van der Waals surface area contributed by atoms with Gasteiger partial charge < -0.3 is 33.8 Å². The van der Waals surface area contributed by atoms with Gasteiger partial charge in [0.15, 0.2) is 12.2 Å². The van der Waals surface area contributed by atoms with Gasteiger partial charge in [0, 0.05) is 19.3 Å². The summed E-state index contributed by atoms with van der Waals surface area (Å²) in [6, 6.07) is 0. The van der Waals surface area contributed by atoms with E-state index in [9.17, 15) is 43.2 Å². The molecule has 0 heterocycles. The second-order valence-electron chi connectivity index (χ2n) is 24.8. The van der Waals surface area contributed by atoms with Gasteiger partial charge in [0.2, 0.25) is 0 Å². The molecule has 104 heavy (non-hydrogen) atoms. The molecule has 586 valence electrons. The smallest absolute Gasteiger partial charge is 0.462 e. The van der Waals surface area contributed by atoms with Crippen LogP contribution in [-0.2, 0) is 65.4 Å². The van der Waals surface area contributed by atoms with E-state index < -0.39 is 97.5 Å². The molecule has 0 amide bonds. The quantitative estimate of drug-likeness (QED) is 0.0169. The number of hydrogen-bond acceptors (Lipinski definition) is 15. The van der Waals surface area contributed by atoms with Crippen LogP contribution in [0.25, 0.3) is 0 Å². The Balaban J connectivity index is 5.51. The average Bonchev–Trinajstić information content (AvgIpc) is 0.939. The molecule has 0 aromatic carbocycles. The van der Waals surface area contributed by atoms with E-state index in [-0.39, 0.29) is 25.7 Å². The number of carbonyl (C=O) groups excluding carboxylic acids is 4. The molecule has 0 aliphatic heterocycles. The van der Waals surface area contributed by atoms with E-state index in [4.69, 9.17) is 37.0 Å². The minimum atomic E-state index is -5.02. The number of esters is 4. The van der Waals surface area contributed by atoms with E-state index in [1.165, 1.54) is 0 Å².